The first kappa shape index (κ1) is 12.3. The number of benzene rings is 1. The molecular formula is C12H14N4O2S. The lowest BCUT2D eigenvalue weighted by atomic mass is 10.0. The zero-order chi connectivity index (χ0) is 13.1. The van der Waals surface area contributed by atoms with Gasteiger partial charge in [-0.05, 0) is 29.2 Å². The molecule has 19 heavy (non-hydrogen) atoms. The van der Waals surface area contributed by atoms with Crippen molar-refractivity contribution >= 4 is 11.5 Å². The number of rotatable bonds is 3. The second kappa shape index (κ2) is 5.52. The molecule has 1 atom stereocenters. The lowest BCUT2D eigenvalue weighted by molar-refractivity contribution is 0.297. The van der Waals surface area contributed by atoms with Crippen molar-refractivity contribution in [1.29, 1.82) is 0 Å². The molecule has 0 saturated carbocycles. The van der Waals surface area contributed by atoms with Gasteiger partial charge in [0.05, 0.1) is 24.9 Å². The van der Waals surface area contributed by atoms with Crippen LogP contribution in [0.3, 0.4) is 0 Å². The Morgan fingerprint density at radius 3 is 2.84 bits per heavy atom. The Morgan fingerprint density at radius 1 is 1.26 bits per heavy atom. The van der Waals surface area contributed by atoms with E-state index in [0.717, 1.165) is 29.2 Å². The zero-order valence-corrected chi connectivity index (χ0v) is 11.0. The lowest BCUT2D eigenvalue weighted by Gasteiger charge is -2.15. The summed E-state index contributed by atoms with van der Waals surface area (Å²) in [5.74, 6) is 7.14. The summed E-state index contributed by atoms with van der Waals surface area (Å²) in [5, 5.41) is 5.92. The summed E-state index contributed by atoms with van der Waals surface area (Å²) >= 11 is 1.30. The van der Waals surface area contributed by atoms with Gasteiger partial charge < -0.3 is 9.47 Å². The highest BCUT2D eigenvalue weighted by molar-refractivity contribution is 7.03. The highest BCUT2D eigenvalue weighted by Gasteiger charge is 2.18. The maximum atomic E-state index is 5.67. The second-order valence-corrected chi connectivity index (χ2v) is 4.80. The van der Waals surface area contributed by atoms with Crippen molar-refractivity contribution in [3.63, 3.8) is 0 Å². The van der Waals surface area contributed by atoms with E-state index >= 15 is 0 Å². The van der Waals surface area contributed by atoms with Gasteiger partial charge in [0.15, 0.2) is 11.5 Å². The molecule has 0 amide bonds. The third-order valence-corrected chi connectivity index (χ3v) is 3.47. The van der Waals surface area contributed by atoms with Gasteiger partial charge in [-0.3, -0.25) is 5.84 Å². The summed E-state index contributed by atoms with van der Waals surface area (Å²) < 4.78 is 15.1. The molecule has 1 aromatic carbocycles. The Morgan fingerprint density at radius 2 is 2.11 bits per heavy atom. The maximum absolute atomic E-state index is 5.67. The molecule has 2 aromatic rings. The van der Waals surface area contributed by atoms with E-state index in [4.69, 9.17) is 15.3 Å². The summed E-state index contributed by atoms with van der Waals surface area (Å²) in [6.07, 6.45) is 0.887. The molecule has 1 aliphatic heterocycles. The van der Waals surface area contributed by atoms with Crippen LogP contribution in [0.2, 0.25) is 0 Å². The van der Waals surface area contributed by atoms with Gasteiger partial charge >= 0.3 is 0 Å². The fourth-order valence-corrected chi connectivity index (χ4v) is 2.49. The Kier molecular flexibility index (Phi) is 3.58. The number of ether oxygens (including phenoxy) is 2. The first-order valence-corrected chi connectivity index (χ1v) is 6.85. The first-order chi connectivity index (χ1) is 9.38. The number of aromatic nitrogens is 2. The van der Waals surface area contributed by atoms with Crippen molar-refractivity contribution in [3.05, 3.63) is 34.8 Å². The van der Waals surface area contributed by atoms with Crippen molar-refractivity contribution in [1.82, 2.24) is 15.0 Å². The molecule has 2 heterocycles. The molecule has 0 saturated heterocycles. The van der Waals surface area contributed by atoms with E-state index in [9.17, 15) is 0 Å². The van der Waals surface area contributed by atoms with E-state index in [1.165, 1.54) is 11.5 Å². The highest BCUT2D eigenvalue weighted by Crippen LogP contribution is 2.33. The number of hydrazine groups is 1. The van der Waals surface area contributed by atoms with Crippen LogP contribution < -0.4 is 20.7 Å². The SMILES string of the molecule is NNC(c1ccc2c(c1)OCCCO2)c1csnn1. The molecule has 1 unspecified atom stereocenters. The van der Waals surface area contributed by atoms with Crippen LogP contribution in [0.4, 0.5) is 0 Å². The van der Waals surface area contributed by atoms with Crippen LogP contribution in [0, 0.1) is 0 Å². The smallest absolute Gasteiger partial charge is 0.161 e. The predicted octanol–water partition coefficient (Wildman–Crippen LogP) is 1.25. The molecule has 0 spiro atoms. The summed E-state index contributed by atoms with van der Waals surface area (Å²) in [5.41, 5.74) is 4.52. The van der Waals surface area contributed by atoms with Gasteiger partial charge in [0.2, 0.25) is 0 Å². The zero-order valence-electron chi connectivity index (χ0n) is 10.2. The highest BCUT2D eigenvalue weighted by atomic mass is 32.1. The van der Waals surface area contributed by atoms with Gasteiger partial charge in [-0.25, -0.2) is 5.43 Å². The van der Waals surface area contributed by atoms with E-state index in [2.05, 4.69) is 15.0 Å². The Hall–Kier alpha value is -1.70. The number of nitrogens with one attached hydrogen (secondary N) is 1. The fraction of sp³-hybridized carbons (Fsp3) is 0.333. The third kappa shape index (κ3) is 2.53. The average molecular weight is 278 g/mol. The molecule has 0 bridgehead atoms. The molecule has 1 aliphatic rings. The van der Waals surface area contributed by atoms with Crippen LogP contribution in [0.5, 0.6) is 11.5 Å². The maximum Gasteiger partial charge on any atom is 0.161 e. The van der Waals surface area contributed by atoms with Gasteiger partial charge in [-0.15, -0.1) is 5.10 Å². The van der Waals surface area contributed by atoms with E-state index in [1.807, 2.05) is 23.6 Å². The molecular weight excluding hydrogens is 264 g/mol. The van der Waals surface area contributed by atoms with Crippen LogP contribution in [-0.2, 0) is 0 Å². The largest absolute Gasteiger partial charge is 0.490 e. The normalized spacial score (nSPS) is 15.8. The summed E-state index contributed by atoms with van der Waals surface area (Å²) in [7, 11) is 0. The quantitative estimate of drug-likeness (QED) is 0.649. The summed E-state index contributed by atoms with van der Waals surface area (Å²) in [6, 6.07) is 5.60. The minimum Gasteiger partial charge on any atom is -0.490 e. The van der Waals surface area contributed by atoms with Gasteiger partial charge in [0.1, 0.15) is 0 Å². The Balaban J connectivity index is 1.94. The molecule has 0 fully saturated rings. The van der Waals surface area contributed by atoms with Gasteiger partial charge in [0.25, 0.3) is 0 Å². The fourth-order valence-electron chi connectivity index (χ4n) is 2.01. The van der Waals surface area contributed by atoms with Crippen LogP contribution in [0.15, 0.2) is 23.6 Å². The molecule has 0 aliphatic carbocycles. The van der Waals surface area contributed by atoms with Gasteiger partial charge in [-0.2, -0.15) is 0 Å². The topological polar surface area (TPSA) is 82.3 Å². The predicted molar refractivity (Wildman–Crippen MR) is 71.1 cm³/mol. The standard InChI is InChI=1S/C12H14N4O2S/c13-14-12(9-7-19-16-15-9)8-2-3-10-11(6-8)18-5-1-4-17-10/h2-3,6-7,12,14H,1,4-5,13H2. The number of fused-ring (bicyclic) bond motifs is 1. The lowest BCUT2D eigenvalue weighted by Crippen LogP contribution is -2.29. The second-order valence-electron chi connectivity index (χ2n) is 4.19. The van der Waals surface area contributed by atoms with E-state index in [-0.39, 0.29) is 6.04 Å². The first-order valence-electron chi connectivity index (χ1n) is 6.01. The van der Waals surface area contributed by atoms with Crippen molar-refractivity contribution < 1.29 is 9.47 Å². The summed E-state index contributed by atoms with van der Waals surface area (Å²) in [4.78, 5) is 0. The number of nitrogens with two attached hydrogens (primary N) is 1. The summed E-state index contributed by atoms with van der Waals surface area (Å²) in [6.45, 7) is 1.34. The molecule has 3 N–H and O–H groups in total. The van der Waals surface area contributed by atoms with Crippen molar-refractivity contribution in [2.45, 2.75) is 12.5 Å². The Labute approximate surface area is 114 Å². The van der Waals surface area contributed by atoms with Crippen molar-refractivity contribution in [2.24, 2.45) is 5.84 Å². The number of hydrogen-bond acceptors (Lipinski definition) is 7. The molecule has 0 radical (unpaired) electrons. The number of hydrogen-bond donors (Lipinski definition) is 2. The van der Waals surface area contributed by atoms with Crippen LogP contribution in [0.25, 0.3) is 0 Å². The van der Waals surface area contributed by atoms with Crippen LogP contribution >= 0.6 is 11.5 Å². The minimum atomic E-state index is -0.198. The van der Waals surface area contributed by atoms with E-state index in [1.54, 1.807) is 0 Å². The minimum absolute atomic E-state index is 0.198. The average Bonchev–Trinajstić information content (AvgIpc) is 2.85. The molecule has 100 valence electrons. The Bertz CT molecular complexity index is 547. The molecule has 6 nitrogen and oxygen atoms in total. The molecule has 3 rings (SSSR count). The van der Waals surface area contributed by atoms with E-state index in [0.29, 0.717) is 13.2 Å². The van der Waals surface area contributed by atoms with Crippen molar-refractivity contribution in [3.8, 4) is 11.5 Å². The molecule has 7 heteroatoms. The monoisotopic (exact) mass is 278 g/mol. The van der Waals surface area contributed by atoms with Gasteiger partial charge in [0, 0.05) is 11.8 Å². The molecule has 1 aromatic heterocycles. The van der Waals surface area contributed by atoms with Crippen LogP contribution in [0.1, 0.15) is 23.7 Å². The third-order valence-electron chi connectivity index (χ3n) is 2.94. The van der Waals surface area contributed by atoms with Gasteiger partial charge in [-0.1, -0.05) is 10.6 Å². The van der Waals surface area contributed by atoms with Crippen molar-refractivity contribution in [2.75, 3.05) is 13.2 Å². The van der Waals surface area contributed by atoms with E-state index < -0.39 is 0 Å². The number of nitrogens with zero attached hydrogens (tertiary/aromatic N) is 2. The van der Waals surface area contributed by atoms with Crippen LogP contribution in [-0.4, -0.2) is 22.8 Å².